The van der Waals surface area contributed by atoms with Crippen molar-refractivity contribution in [3.63, 3.8) is 0 Å². The number of esters is 1. The first kappa shape index (κ1) is 23.4. The standard InChI is InChI=1S/C18H35N3O4/c1-12(2)15(19(6)7)17(24)21(10)13(16(23)20(8)9)11-14(22)25-18(3,4)5/h12-13,15H,11H2,1-10H3/t13-,15-/m0/s1. The molecule has 0 aliphatic rings. The van der Waals surface area contributed by atoms with Crippen molar-refractivity contribution in [2.45, 2.75) is 58.7 Å². The van der Waals surface area contributed by atoms with Gasteiger partial charge < -0.3 is 14.5 Å². The van der Waals surface area contributed by atoms with Gasteiger partial charge >= 0.3 is 5.97 Å². The lowest BCUT2D eigenvalue weighted by Crippen LogP contribution is -2.55. The van der Waals surface area contributed by atoms with Crippen LogP contribution in [0.3, 0.4) is 0 Å². The van der Waals surface area contributed by atoms with E-state index in [1.807, 2.05) is 32.8 Å². The van der Waals surface area contributed by atoms with Crippen LogP contribution in [-0.2, 0) is 19.1 Å². The second-order valence-corrected chi connectivity index (χ2v) is 8.14. The lowest BCUT2D eigenvalue weighted by molar-refractivity contribution is -0.160. The summed E-state index contributed by atoms with van der Waals surface area (Å²) in [7, 11) is 8.43. The van der Waals surface area contributed by atoms with Crippen molar-refractivity contribution in [3.05, 3.63) is 0 Å². The van der Waals surface area contributed by atoms with Crippen molar-refractivity contribution in [1.29, 1.82) is 0 Å². The molecule has 0 aliphatic heterocycles. The molecule has 0 saturated carbocycles. The van der Waals surface area contributed by atoms with E-state index in [1.165, 1.54) is 9.80 Å². The fourth-order valence-electron chi connectivity index (χ4n) is 2.69. The van der Waals surface area contributed by atoms with Crippen LogP contribution in [0, 0.1) is 5.92 Å². The summed E-state index contributed by atoms with van der Waals surface area (Å²) in [6, 6.07) is -1.26. The Bertz CT molecular complexity index is 473. The van der Waals surface area contributed by atoms with Crippen LogP contribution in [0.25, 0.3) is 0 Å². The first-order chi connectivity index (χ1) is 11.2. The Labute approximate surface area is 152 Å². The molecule has 0 spiro atoms. The zero-order chi connectivity index (χ0) is 20.1. The minimum absolute atomic E-state index is 0.0709. The normalized spacial score (nSPS) is 14.2. The third-order valence-electron chi connectivity index (χ3n) is 3.76. The molecule has 0 aliphatic carbocycles. The SMILES string of the molecule is CC(C)[C@@H](C(=O)N(C)[C@@H](CC(=O)OC(C)(C)C)C(=O)N(C)C)N(C)C. The lowest BCUT2D eigenvalue weighted by Gasteiger charge is -2.35. The molecule has 146 valence electrons. The number of likely N-dealkylation sites (N-methyl/N-ethyl adjacent to an activating group) is 3. The van der Waals surface area contributed by atoms with Crippen molar-refractivity contribution in [2.75, 3.05) is 35.2 Å². The van der Waals surface area contributed by atoms with E-state index in [1.54, 1.807) is 41.9 Å². The number of amides is 2. The summed E-state index contributed by atoms with van der Waals surface area (Å²) in [6.45, 7) is 9.20. The zero-order valence-electron chi connectivity index (χ0n) is 17.4. The van der Waals surface area contributed by atoms with Gasteiger partial charge in [0.15, 0.2) is 0 Å². The molecule has 0 unspecified atom stereocenters. The van der Waals surface area contributed by atoms with Gasteiger partial charge in [-0.25, -0.2) is 0 Å². The minimum atomic E-state index is -0.890. The molecule has 0 fully saturated rings. The smallest absolute Gasteiger partial charge is 0.308 e. The van der Waals surface area contributed by atoms with E-state index < -0.39 is 17.6 Å². The number of nitrogens with zero attached hydrogens (tertiary/aromatic N) is 3. The first-order valence-electron chi connectivity index (χ1n) is 8.55. The van der Waals surface area contributed by atoms with Crippen molar-refractivity contribution < 1.29 is 19.1 Å². The first-order valence-corrected chi connectivity index (χ1v) is 8.55. The van der Waals surface area contributed by atoms with Crippen molar-refractivity contribution in [2.24, 2.45) is 5.92 Å². The van der Waals surface area contributed by atoms with E-state index in [2.05, 4.69) is 0 Å². The van der Waals surface area contributed by atoms with E-state index in [0.29, 0.717) is 0 Å². The Morgan fingerprint density at radius 1 is 0.920 bits per heavy atom. The largest absolute Gasteiger partial charge is 0.460 e. The molecular formula is C18H35N3O4. The third kappa shape index (κ3) is 7.42. The van der Waals surface area contributed by atoms with Gasteiger partial charge in [0, 0.05) is 21.1 Å². The summed E-state index contributed by atoms with van der Waals surface area (Å²) in [4.78, 5) is 42.3. The van der Waals surface area contributed by atoms with Crippen LogP contribution < -0.4 is 0 Å². The number of carbonyl (C=O) groups excluding carboxylic acids is 3. The number of hydrogen-bond acceptors (Lipinski definition) is 5. The van der Waals surface area contributed by atoms with Crippen LogP contribution in [0.4, 0.5) is 0 Å². The Morgan fingerprint density at radius 2 is 1.40 bits per heavy atom. The quantitative estimate of drug-likeness (QED) is 0.641. The van der Waals surface area contributed by atoms with Gasteiger partial charge in [0.05, 0.1) is 12.5 Å². The summed E-state index contributed by atoms with van der Waals surface area (Å²) in [5.74, 6) is -0.924. The summed E-state index contributed by atoms with van der Waals surface area (Å²) in [5.41, 5.74) is -0.643. The molecule has 0 saturated heterocycles. The lowest BCUT2D eigenvalue weighted by atomic mass is 10.0. The summed E-state index contributed by atoms with van der Waals surface area (Å²) in [6.07, 6.45) is -0.172. The van der Waals surface area contributed by atoms with Gasteiger partial charge in [-0.3, -0.25) is 19.3 Å². The highest BCUT2D eigenvalue weighted by Crippen LogP contribution is 2.17. The van der Waals surface area contributed by atoms with Crippen LogP contribution >= 0.6 is 0 Å². The molecule has 0 rings (SSSR count). The monoisotopic (exact) mass is 357 g/mol. The maximum absolute atomic E-state index is 12.9. The average Bonchev–Trinajstić information content (AvgIpc) is 2.40. The van der Waals surface area contributed by atoms with E-state index >= 15 is 0 Å². The summed E-state index contributed by atoms with van der Waals surface area (Å²) >= 11 is 0. The van der Waals surface area contributed by atoms with Crippen LogP contribution in [-0.4, -0.2) is 85.4 Å². The average molecular weight is 357 g/mol. The topological polar surface area (TPSA) is 70.2 Å². The molecule has 0 aromatic rings. The van der Waals surface area contributed by atoms with Crippen LogP contribution in [0.5, 0.6) is 0 Å². The van der Waals surface area contributed by atoms with Gasteiger partial charge in [0.25, 0.3) is 0 Å². The van der Waals surface area contributed by atoms with Gasteiger partial charge in [0.2, 0.25) is 11.8 Å². The Balaban J connectivity index is 5.50. The van der Waals surface area contributed by atoms with Crippen molar-refractivity contribution in [3.8, 4) is 0 Å². The van der Waals surface area contributed by atoms with Crippen LogP contribution in [0.15, 0.2) is 0 Å². The van der Waals surface area contributed by atoms with Crippen LogP contribution in [0.1, 0.15) is 41.0 Å². The molecule has 25 heavy (non-hydrogen) atoms. The highest BCUT2D eigenvalue weighted by molar-refractivity contribution is 5.92. The van der Waals surface area contributed by atoms with Crippen LogP contribution in [0.2, 0.25) is 0 Å². The number of carbonyl (C=O) groups is 3. The van der Waals surface area contributed by atoms with Gasteiger partial charge in [-0.1, -0.05) is 13.8 Å². The van der Waals surface area contributed by atoms with Gasteiger partial charge in [0.1, 0.15) is 11.6 Å². The van der Waals surface area contributed by atoms with E-state index in [4.69, 9.17) is 4.74 Å². The molecule has 7 heteroatoms. The van der Waals surface area contributed by atoms with E-state index in [0.717, 1.165) is 0 Å². The molecule has 0 bridgehead atoms. The summed E-state index contributed by atoms with van der Waals surface area (Å²) < 4.78 is 5.33. The Hall–Kier alpha value is -1.63. The van der Waals surface area contributed by atoms with Gasteiger partial charge in [-0.05, 0) is 40.8 Å². The van der Waals surface area contributed by atoms with E-state index in [-0.39, 0.29) is 30.2 Å². The maximum Gasteiger partial charge on any atom is 0.308 e. The highest BCUT2D eigenvalue weighted by atomic mass is 16.6. The summed E-state index contributed by atoms with van der Waals surface area (Å²) in [5, 5.41) is 0. The molecular weight excluding hydrogens is 322 g/mol. The third-order valence-corrected chi connectivity index (χ3v) is 3.76. The predicted octanol–water partition coefficient (Wildman–Crippen LogP) is 1.22. The molecule has 0 radical (unpaired) electrons. The molecule has 2 atom stereocenters. The second kappa shape index (κ2) is 9.17. The molecule has 7 nitrogen and oxygen atoms in total. The van der Waals surface area contributed by atoms with Gasteiger partial charge in [-0.15, -0.1) is 0 Å². The Morgan fingerprint density at radius 3 is 1.72 bits per heavy atom. The van der Waals surface area contributed by atoms with Crippen molar-refractivity contribution in [1.82, 2.24) is 14.7 Å². The van der Waals surface area contributed by atoms with Crippen molar-refractivity contribution >= 4 is 17.8 Å². The molecule has 0 heterocycles. The fourth-order valence-corrected chi connectivity index (χ4v) is 2.69. The molecule has 0 aromatic carbocycles. The highest BCUT2D eigenvalue weighted by Gasteiger charge is 2.36. The number of rotatable bonds is 7. The van der Waals surface area contributed by atoms with E-state index in [9.17, 15) is 14.4 Å². The fraction of sp³-hybridized carbons (Fsp3) is 0.833. The number of hydrogen-bond donors (Lipinski definition) is 0. The molecule has 2 amide bonds. The Kier molecular flexibility index (Phi) is 8.58. The maximum atomic E-state index is 12.9. The zero-order valence-corrected chi connectivity index (χ0v) is 17.4. The van der Waals surface area contributed by atoms with Gasteiger partial charge in [-0.2, -0.15) is 0 Å². The number of ether oxygens (including phenoxy) is 1. The molecule has 0 N–H and O–H groups in total. The second-order valence-electron chi connectivity index (χ2n) is 8.14. The minimum Gasteiger partial charge on any atom is -0.460 e. The predicted molar refractivity (Wildman–Crippen MR) is 98.0 cm³/mol. The molecule has 0 aromatic heterocycles.